The molecule has 0 spiro atoms. The van der Waals surface area contributed by atoms with Crippen molar-refractivity contribution >= 4 is 11.6 Å². The summed E-state index contributed by atoms with van der Waals surface area (Å²) in [5.74, 6) is 0.727. The van der Waals surface area contributed by atoms with Gasteiger partial charge in [0.1, 0.15) is 0 Å². The highest BCUT2D eigenvalue weighted by molar-refractivity contribution is 5.96. The third kappa shape index (κ3) is 2.59. The maximum Gasteiger partial charge on any atom is 0.254 e. The van der Waals surface area contributed by atoms with Crippen molar-refractivity contribution in [2.45, 2.75) is 18.8 Å². The number of hydrogen-bond donors (Lipinski definition) is 1. The molecule has 1 saturated heterocycles. The van der Waals surface area contributed by atoms with Gasteiger partial charge in [0.15, 0.2) is 0 Å². The summed E-state index contributed by atoms with van der Waals surface area (Å²) in [4.78, 5) is 16.9. The summed E-state index contributed by atoms with van der Waals surface area (Å²) in [6.45, 7) is 3.56. The molecule has 1 aromatic rings. The summed E-state index contributed by atoms with van der Waals surface area (Å²) in [5, 5.41) is 0. The minimum absolute atomic E-state index is 0.176. The summed E-state index contributed by atoms with van der Waals surface area (Å²) in [5.41, 5.74) is 8.64. The van der Waals surface area contributed by atoms with Crippen LogP contribution in [-0.2, 0) is 0 Å². The van der Waals surface area contributed by atoms with E-state index in [-0.39, 0.29) is 5.91 Å². The first kappa shape index (κ1) is 12.5. The van der Waals surface area contributed by atoms with Gasteiger partial charge in [-0.3, -0.25) is 4.79 Å². The molecule has 2 fully saturated rings. The van der Waals surface area contributed by atoms with E-state index in [0.29, 0.717) is 5.92 Å². The van der Waals surface area contributed by atoms with Crippen LogP contribution in [0.1, 0.15) is 34.7 Å². The topological polar surface area (TPSA) is 49.6 Å². The summed E-state index contributed by atoms with van der Waals surface area (Å²) >= 11 is 0. The minimum Gasteiger partial charge on any atom is -0.399 e. The van der Waals surface area contributed by atoms with Gasteiger partial charge in [0, 0.05) is 37.4 Å². The molecule has 2 aliphatic rings. The van der Waals surface area contributed by atoms with E-state index >= 15 is 0 Å². The predicted octanol–water partition coefficient (Wildman–Crippen LogP) is 1.53. The first-order chi connectivity index (χ1) is 9.15. The summed E-state index contributed by atoms with van der Waals surface area (Å²) < 4.78 is 0. The normalized spacial score (nSPS) is 20.6. The van der Waals surface area contributed by atoms with E-state index in [0.717, 1.165) is 43.0 Å². The second-order valence-electron chi connectivity index (χ2n) is 5.72. The molecule has 1 aliphatic heterocycles. The summed E-state index contributed by atoms with van der Waals surface area (Å²) in [7, 11) is 2.10. The molecule has 4 nitrogen and oxygen atoms in total. The lowest BCUT2D eigenvalue weighted by atomic mass is 10.0. The molecule has 102 valence electrons. The monoisotopic (exact) mass is 259 g/mol. The molecule has 0 unspecified atom stereocenters. The number of hydrogen-bond acceptors (Lipinski definition) is 3. The van der Waals surface area contributed by atoms with Gasteiger partial charge < -0.3 is 15.5 Å². The van der Waals surface area contributed by atoms with Gasteiger partial charge in [0.25, 0.3) is 5.91 Å². The van der Waals surface area contributed by atoms with Gasteiger partial charge in [0.05, 0.1) is 0 Å². The van der Waals surface area contributed by atoms with E-state index in [2.05, 4.69) is 11.9 Å². The highest BCUT2D eigenvalue weighted by Crippen LogP contribution is 2.42. The highest BCUT2D eigenvalue weighted by Gasteiger charge is 2.30. The molecule has 1 heterocycles. The van der Waals surface area contributed by atoms with Gasteiger partial charge in [-0.1, -0.05) is 0 Å². The highest BCUT2D eigenvalue weighted by atomic mass is 16.2. The number of piperazine rings is 1. The van der Waals surface area contributed by atoms with Crippen molar-refractivity contribution in [2.24, 2.45) is 0 Å². The zero-order valence-corrected chi connectivity index (χ0v) is 11.4. The van der Waals surface area contributed by atoms with Gasteiger partial charge in [0.2, 0.25) is 0 Å². The lowest BCUT2D eigenvalue weighted by Gasteiger charge is -2.33. The van der Waals surface area contributed by atoms with E-state index in [1.54, 1.807) is 0 Å². The molecule has 1 aliphatic carbocycles. The number of likely N-dealkylation sites (N-methyl/N-ethyl adjacent to an activating group) is 1. The number of nitrogens with two attached hydrogens (primary N) is 1. The standard InChI is InChI=1S/C15H21N3O/c1-17-6-8-18(9-7-17)15(19)13-5-4-12(16)10-14(13)11-2-3-11/h4-5,10-11H,2-3,6-9,16H2,1H3. The van der Waals surface area contributed by atoms with E-state index in [1.807, 2.05) is 23.1 Å². The molecular formula is C15H21N3O. The Bertz CT molecular complexity index is 488. The fraction of sp³-hybridized carbons (Fsp3) is 0.533. The number of amides is 1. The van der Waals surface area contributed by atoms with Gasteiger partial charge in [-0.2, -0.15) is 0 Å². The Morgan fingerprint density at radius 3 is 2.53 bits per heavy atom. The van der Waals surface area contributed by atoms with Crippen molar-refractivity contribution in [3.05, 3.63) is 29.3 Å². The molecule has 0 bridgehead atoms. The predicted molar refractivity (Wildman–Crippen MR) is 76.2 cm³/mol. The number of carbonyl (C=O) groups is 1. The molecule has 1 amide bonds. The van der Waals surface area contributed by atoms with Crippen LogP contribution >= 0.6 is 0 Å². The van der Waals surface area contributed by atoms with Crippen LogP contribution in [-0.4, -0.2) is 48.9 Å². The van der Waals surface area contributed by atoms with E-state index in [1.165, 1.54) is 12.8 Å². The molecule has 19 heavy (non-hydrogen) atoms. The van der Waals surface area contributed by atoms with Crippen LogP contribution in [0.5, 0.6) is 0 Å². The number of rotatable bonds is 2. The molecule has 1 aromatic carbocycles. The lowest BCUT2D eigenvalue weighted by molar-refractivity contribution is 0.0663. The van der Waals surface area contributed by atoms with Gasteiger partial charge in [-0.25, -0.2) is 0 Å². The van der Waals surface area contributed by atoms with Crippen molar-refractivity contribution in [3.8, 4) is 0 Å². The van der Waals surface area contributed by atoms with Crippen LogP contribution in [0.2, 0.25) is 0 Å². The first-order valence-electron chi connectivity index (χ1n) is 7.02. The van der Waals surface area contributed by atoms with Crippen molar-refractivity contribution in [1.29, 1.82) is 0 Å². The van der Waals surface area contributed by atoms with Crippen LogP contribution < -0.4 is 5.73 Å². The largest absolute Gasteiger partial charge is 0.399 e. The summed E-state index contributed by atoms with van der Waals surface area (Å²) in [6, 6.07) is 5.74. The van der Waals surface area contributed by atoms with Crippen LogP contribution in [0, 0.1) is 0 Å². The second kappa shape index (κ2) is 4.85. The zero-order valence-electron chi connectivity index (χ0n) is 11.4. The average Bonchev–Trinajstić information content (AvgIpc) is 3.23. The average molecular weight is 259 g/mol. The Labute approximate surface area is 114 Å². The van der Waals surface area contributed by atoms with Crippen molar-refractivity contribution in [2.75, 3.05) is 39.0 Å². The van der Waals surface area contributed by atoms with E-state index < -0.39 is 0 Å². The maximum absolute atomic E-state index is 12.6. The SMILES string of the molecule is CN1CCN(C(=O)c2ccc(N)cc2C2CC2)CC1. The quantitative estimate of drug-likeness (QED) is 0.820. The lowest BCUT2D eigenvalue weighted by Crippen LogP contribution is -2.47. The molecule has 0 aromatic heterocycles. The molecule has 3 rings (SSSR count). The maximum atomic E-state index is 12.6. The van der Waals surface area contributed by atoms with Crippen LogP contribution in [0.25, 0.3) is 0 Å². The molecule has 0 radical (unpaired) electrons. The van der Waals surface area contributed by atoms with Crippen molar-refractivity contribution < 1.29 is 4.79 Å². The molecule has 2 N–H and O–H groups in total. The Hall–Kier alpha value is -1.55. The fourth-order valence-electron chi connectivity index (χ4n) is 2.69. The third-order valence-electron chi connectivity index (χ3n) is 4.11. The first-order valence-corrected chi connectivity index (χ1v) is 7.02. The van der Waals surface area contributed by atoms with Gasteiger partial charge >= 0.3 is 0 Å². The molecule has 0 atom stereocenters. The van der Waals surface area contributed by atoms with Crippen molar-refractivity contribution in [1.82, 2.24) is 9.80 Å². The van der Waals surface area contributed by atoms with Gasteiger partial charge in [-0.05, 0) is 49.6 Å². The molecular weight excluding hydrogens is 238 g/mol. The number of benzene rings is 1. The van der Waals surface area contributed by atoms with Crippen LogP contribution in [0.3, 0.4) is 0 Å². The zero-order chi connectivity index (χ0) is 13.4. The molecule has 4 heteroatoms. The van der Waals surface area contributed by atoms with E-state index in [9.17, 15) is 4.79 Å². The Morgan fingerprint density at radius 1 is 1.21 bits per heavy atom. The fourth-order valence-corrected chi connectivity index (χ4v) is 2.69. The van der Waals surface area contributed by atoms with Crippen LogP contribution in [0.15, 0.2) is 18.2 Å². The number of carbonyl (C=O) groups excluding carboxylic acids is 1. The molecule has 1 saturated carbocycles. The number of nitrogen functional groups attached to an aromatic ring is 1. The minimum atomic E-state index is 0.176. The van der Waals surface area contributed by atoms with Gasteiger partial charge in [-0.15, -0.1) is 0 Å². The Balaban J connectivity index is 1.83. The number of anilines is 1. The Morgan fingerprint density at radius 2 is 1.89 bits per heavy atom. The third-order valence-corrected chi connectivity index (χ3v) is 4.11. The smallest absolute Gasteiger partial charge is 0.254 e. The Kier molecular flexibility index (Phi) is 3.19. The number of nitrogens with zero attached hydrogens (tertiary/aromatic N) is 2. The van der Waals surface area contributed by atoms with Crippen molar-refractivity contribution in [3.63, 3.8) is 0 Å². The van der Waals surface area contributed by atoms with E-state index in [4.69, 9.17) is 5.73 Å². The second-order valence-corrected chi connectivity index (χ2v) is 5.72. The summed E-state index contributed by atoms with van der Waals surface area (Å²) in [6.07, 6.45) is 2.37. The van der Waals surface area contributed by atoms with Crippen LogP contribution in [0.4, 0.5) is 5.69 Å².